The summed E-state index contributed by atoms with van der Waals surface area (Å²) in [5.74, 6) is 0. The molecule has 1 aliphatic rings. The topological polar surface area (TPSA) is 16.4 Å². The predicted octanol–water partition coefficient (Wildman–Crippen LogP) is 11.0. The zero-order valence-corrected chi connectivity index (χ0v) is 23.1. The minimum atomic E-state index is -0.120. The number of hydrogen-bond acceptors (Lipinski definition) is 2. The van der Waals surface area contributed by atoms with Crippen LogP contribution in [0.3, 0.4) is 0 Å². The van der Waals surface area contributed by atoms with Gasteiger partial charge >= 0.3 is 0 Å². The fourth-order valence-corrected chi connectivity index (χ4v) is 6.67. The Morgan fingerprint density at radius 1 is 0.537 bits per heavy atom. The van der Waals surface area contributed by atoms with E-state index in [1.165, 1.54) is 38.8 Å². The number of furan rings is 1. The van der Waals surface area contributed by atoms with Gasteiger partial charge in [-0.25, -0.2) is 0 Å². The van der Waals surface area contributed by atoms with E-state index in [2.05, 4.69) is 158 Å². The van der Waals surface area contributed by atoms with Gasteiger partial charge < -0.3 is 9.32 Å². The van der Waals surface area contributed by atoms with Gasteiger partial charge in [0.1, 0.15) is 11.2 Å². The fourth-order valence-electron chi connectivity index (χ4n) is 6.67. The predicted molar refractivity (Wildman–Crippen MR) is 171 cm³/mol. The number of anilines is 3. The Labute approximate surface area is 240 Å². The van der Waals surface area contributed by atoms with Crippen LogP contribution in [0.2, 0.25) is 0 Å². The van der Waals surface area contributed by atoms with Crippen molar-refractivity contribution < 1.29 is 4.42 Å². The van der Waals surface area contributed by atoms with Crippen molar-refractivity contribution in [2.24, 2.45) is 0 Å². The van der Waals surface area contributed by atoms with E-state index < -0.39 is 0 Å². The zero-order chi connectivity index (χ0) is 27.6. The molecule has 1 heterocycles. The molecule has 7 aromatic rings. The smallest absolute Gasteiger partial charge is 0.144 e. The molecule has 1 aliphatic carbocycles. The molecule has 0 bridgehead atoms. The van der Waals surface area contributed by atoms with Crippen LogP contribution in [0.1, 0.15) is 25.0 Å². The van der Waals surface area contributed by atoms with Crippen molar-refractivity contribution in [2.75, 3.05) is 4.90 Å². The lowest BCUT2D eigenvalue weighted by atomic mass is 9.81. The van der Waals surface area contributed by atoms with E-state index in [1.807, 2.05) is 0 Å². The summed E-state index contributed by atoms with van der Waals surface area (Å²) < 4.78 is 6.68. The number of rotatable bonds is 4. The third-order valence-corrected chi connectivity index (χ3v) is 8.66. The average Bonchev–Trinajstić information content (AvgIpc) is 3.51. The molecule has 0 spiro atoms. The number of nitrogens with zero attached hydrogens (tertiary/aromatic N) is 1. The molecule has 0 unspecified atom stereocenters. The lowest BCUT2D eigenvalue weighted by molar-refractivity contribution is 0.653. The van der Waals surface area contributed by atoms with E-state index in [4.69, 9.17) is 4.42 Å². The summed E-state index contributed by atoms with van der Waals surface area (Å²) in [7, 11) is 0. The van der Waals surface area contributed by atoms with Crippen LogP contribution < -0.4 is 4.90 Å². The second-order valence-electron chi connectivity index (χ2n) is 11.4. The molecule has 0 saturated heterocycles. The van der Waals surface area contributed by atoms with Crippen LogP contribution in [0.25, 0.3) is 44.2 Å². The average molecular weight is 528 g/mol. The van der Waals surface area contributed by atoms with Crippen LogP contribution >= 0.6 is 0 Å². The fraction of sp³-hybridized carbons (Fsp3) is 0.0769. The standard InChI is InChI=1S/C39H29NO/c1-39(2)33-19-11-9-17-30(33)37-34(39)25-32(36-31-18-10-12-20-35(31)41-38(36)37)26-21-23-29(24-22-26)40(27-13-5-3-6-14-27)28-15-7-4-8-16-28/h3-25H,1-2H3. The first-order valence-corrected chi connectivity index (χ1v) is 14.2. The van der Waals surface area contributed by atoms with Crippen LogP contribution in [0.4, 0.5) is 17.1 Å². The van der Waals surface area contributed by atoms with Crippen molar-refractivity contribution in [2.45, 2.75) is 19.3 Å². The summed E-state index contributed by atoms with van der Waals surface area (Å²) >= 11 is 0. The van der Waals surface area contributed by atoms with Gasteiger partial charge in [0.2, 0.25) is 0 Å². The minimum Gasteiger partial charge on any atom is -0.455 e. The molecule has 2 nitrogen and oxygen atoms in total. The molecular formula is C39H29NO. The van der Waals surface area contributed by atoms with Gasteiger partial charge in [-0.1, -0.05) is 105 Å². The van der Waals surface area contributed by atoms with Crippen molar-refractivity contribution in [1.29, 1.82) is 0 Å². The molecule has 0 N–H and O–H groups in total. The number of hydrogen-bond donors (Lipinski definition) is 0. The van der Waals surface area contributed by atoms with Gasteiger partial charge in [-0.3, -0.25) is 0 Å². The molecule has 0 fully saturated rings. The Kier molecular flexibility index (Phi) is 5.20. The molecule has 8 rings (SSSR count). The third kappa shape index (κ3) is 3.57. The lowest BCUT2D eigenvalue weighted by Crippen LogP contribution is -2.15. The molecule has 1 aromatic heterocycles. The number of para-hydroxylation sites is 3. The first-order chi connectivity index (χ1) is 20.1. The molecule has 0 radical (unpaired) electrons. The molecule has 0 amide bonds. The molecule has 196 valence electrons. The van der Waals surface area contributed by atoms with Crippen molar-refractivity contribution in [3.8, 4) is 22.3 Å². The van der Waals surface area contributed by atoms with Gasteiger partial charge in [0.05, 0.1) is 0 Å². The Morgan fingerprint density at radius 2 is 1.12 bits per heavy atom. The molecular weight excluding hydrogens is 498 g/mol. The SMILES string of the molecule is CC1(C)c2ccccc2-c2c1cc(-c1ccc(N(c3ccccc3)c3ccccc3)cc1)c1c2oc2ccccc21. The molecule has 41 heavy (non-hydrogen) atoms. The molecule has 6 aromatic carbocycles. The van der Waals surface area contributed by atoms with E-state index in [9.17, 15) is 0 Å². The van der Waals surface area contributed by atoms with Gasteiger partial charge in [0, 0.05) is 38.8 Å². The Bertz CT molecular complexity index is 2010. The molecule has 0 atom stereocenters. The highest BCUT2D eigenvalue weighted by Gasteiger charge is 2.38. The molecule has 0 aliphatic heterocycles. The van der Waals surface area contributed by atoms with Crippen LogP contribution in [-0.4, -0.2) is 0 Å². The van der Waals surface area contributed by atoms with Gasteiger partial charge in [0.15, 0.2) is 0 Å². The minimum absolute atomic E-state index is 0.120. The van der Waals surface area contributed by atoms with Gasteiger partial charge in [-0.05, 0) is 76.3 Å². The van der Waals surface area contributed by atoms with Crippen LogP contribution in [-0.2, 0) is 5.41 Å². The van der Waals surface area contributed by atoms with E-state index in [0.29, 0.717) is 0 Å². The maximum absolute atomic E-state index is 6.68. The third-order valence-electron chi connectivity index (χ3n) is 8.66. The van der Waals surface area contributed by atoms with Crippen molar-refractivity contribution in [1.82, 2.24) is 0 Å². The van der Waals surface area contributed by atoms with Crippen molar-refractivity contribution in [3.05, 3.63) is 151 Å². The van der Waals surface area contributed by atoms with E-state index in [0.717, 1.165) is 33.6 Å². The quantitative estimate of drug-likeness (QED) is 0.226. The molecule has 0 saturated carbocycles. The lowest BCUT2D eigenvalue weighted by Gasteiger charge is -2.25. The number of benzene rings is 6. The van der Waals surface area contributed by atoms with Gasteiger partial charge in [-0.2, -0.15) is 0 Å². The first-order valence-electron chi connectivity index (χ1n) is 14.2. The van der Waals surface area contributed by atoms with E-state index >= 15 is 0 Å². The maximum Gasteiger partial charge on any atom is 0.144 e. The Hall–Kier alpha value is -5.08. The van der Waals surface area contributed by atoms with Crippen LogP contribution in [0.5, 0.6) is 0 Å². The monoisotopic (exact) mass is 527 g/mol. The summed E-state index contributed by atoms with van der Waals surface area (Å²) in [5.41, 5.74) is 12.7. The van der Waals surface area contributed by atoms with Crippen LogP contribution in [0.15, 0.2) is 144 Å². The highest BCUT2D eigenvalue weighted by molar-refractivity contribution is 6.18. The second kappa shape index (κ2) is 8.97. The summed E-state index contributed by atoms with van der Waals surface area (Å²) in [5, 5.41) is 2.34. The van der Waals surface area contributed by atoms with E-state index in [-0.39, 0.29) is 5.41 Å². The summed E-state index contributed by atoms with van der Waals surface area (Å²) in [6.45, 7) is 4.66. The van der Waals surface area contributed by atoms with Gasteiger partial charge in [0.25, 0.3) is 0 Å². The Morgan fingerprint density at radius 3 is 1.83 bits per heavy atom. The molecule has 2 heteroatoms. The van der Waals surface area contributed by atoms with Crippen molar-refractivity contribution >= 4 is 39.0 Å². The van der Waals surface area contributed by atoms with Crippen molar-refractivity contribution in [3.63, 3.8) is 0 Å². The van der Waals surface area contributed by atoms with E-state index in [1.54, 1.807) is 0 Å². The van der Waals surface area contributed by atoms with Crippen LogP contribution in [0, 0.1) is 0 Å². The number of fused-ring (bicyclic) bond motifs is 7. The zero-order valence-electron chi connectivity index (χ0n) is 23.1. The first kappa shape index (κ1) is 23.8. The largest absolute Gasteiger partial charge is 0.455 e. The highest BCUT2D eigenvalue weighted by atomic mass is 16.3. The summed E-state index contributed by atoms with van der Waals surface area (Å²) in [4.78, 5) is 2.30. The normalized spacial score (nSPS) is 13.3. The Balaban J connectivity index is 1.35. The highest BCUT2D eigenvalue weighted by Crippen LogP contribution is 2.54. The van der Waals surface area contributed by atoms with Gasteiger partial charge in [-0.15, -0.1) is 0 Å². The maximum atomic E-state index is 6.68. The second-order valence-corrected chi connectivity index (χ2v) is 11.4. The summed E-state index contributed by atoms with van der Waals surface area (Å²) in [6.07, 6.45) is 0. The summed E-state index contributed by atoms with van der Waals surface area (Å²) in [6, 6.07) is 49.7.